The minimum Gasteiger partial charge on any atom is -0.870 e. The number of aromatic carboxylic acids is 2. The van der Waals surface area contributed by atoms with Gasteiger partial charge in [0.25, 0.3) is 0 Å². The predicted molar refractivity (Wildman–Crippen MR) is 196 cm³/mol. The largest absolute Gasteiger partial charge is 1.00 e. The normalized spacial score (nSPS) is 9.76. The second kappa shape index (κ2) is 22.2. The van der Waals surface area contributed by atoms with Gasteiger partial charge in [0.2, 0.25) is 0 Å². The molecule has 0 aromatic heterocycles. The van der Waals surface area contributed by atoms with E-state index >= 15 is 0 Å². The van der Waals surface area contributed by atoms with Crippen LogP contribution in [0.1, 0.15) is 31.1 Å². The van der Waals surface area contributed by atoms with Crippen molar-refractivity contribution in [1.82, 2.24) is 0 Å². The summed E-state index contributed by atoms with van der Waals surface area (Å²) in [6.45, 7) is 0. The number of carboxylic acid groups (broad SMARTS) is 2. The van der Waals surface area contributed by atoms with Gasteiger partial charge in [-0.15, -0.1) is 0 Å². The van der Waals surface area contributed by atoms with Crippen LogP contribution in [0.3, 0.4) is 0 Å². The van der Waals surface area contributed by atoms with Crippen LogP contribution in [0.5, 0.6) is 17.2 Å². The van der Waals surface area contributed by atoms with Gasteiger partial charge in [0.05, 0.1) is 14.2 Å². The van der Waals surface area contributed by atoms with E-state index in [1.54, 1.807) is 0 Å². The molecule has 0 bridgehead atoms. The first-order valence-electron chi connectivity index (χ1n) is 15.8. The molecule has 0 atom stereocenters. The molecule has 0 fully saturated rings. The number of hydrogen-bond donors (Lipinski definition) is 4. The first kappa shape index (κ1) is 50.2. The molecule has 0 spiro atoms. The zero-order valence-corrected chi connectivity index (χ0v) is 30.9. The first-order valence-corrected chi connectivity index (χ1v) is 15.8. The number of carbonyl (C=O) groups excluding carboxylic acids is 1. The fourth-order valence-electron chi connectivity index (χ4n) is 5.07. The molecule has 0 unspecified atom stereocenters. The van der Waals surface area contributed by atoms with Gasteiger partial charge in [0.15, 0.2) is 0 Å². The van der Waals surface area contributed by atoms with E-state index < -0.39 is 58.6 Å². The maximum Gasteiger partial charge on any atom is 1.00 e. The summed E-state index contributed by atoms with van der Waals surface area (Å²) in [4.78, 5) is 33.3. The van der Waals surface area contributed by atoms with Gasteiger partial charge in [-0.1, -0.05) is 18.2 Å². The van der Waals surface area contributed by atoms with E-state index in [1.165, 1.54) is 74.9 Å². The number of phenols is 2. The number of ether oxygens (including phenoxy) is 2. The molecular weight excluding hydrogens is 789 g/mol. The van der Waals surface area contributed by atoms with Crippen LogP contribution < -0.4 is 23.6 Å². The van der Waals surface area contributed by atoms with E-state index in [4.69, 9.17) is 14.9 Å². The standard InChI is InChI=1S/2C14H10F2O3.C13H8F2O3.Li.2H2O/c1-19-13-5-2-8(6-11(13)14(17)18)10-4-3-9(15)7-12(10)16;1-19-14(18)11-6-8(2-5-13(11)17)10-4-3-9(15)7-12(10)16;14-8-2-3-9(11(15)6-8)7-1-4-12(16)10(5-7)13(17)18;;;/h2-7H,1H3,(H,17,18);2-7,17H,1H3;1-6,16H,(H,17,18);;2*1H2/q;;;+1;;/p-1. The second-order valence-electron chi connectivity index (χ2n) is 11.4. The molecule has 0 saturated carbocycles. The summed E-state index contributed by atoms with van der Waals surface area (Å²) in [6, 6.07) is 21.1. The van der Waals surface area contributed by atoms with E-state index in [9.17, 15) is 50.9 Å². The summed E-state index contributed by atoms with van der Waals surface area (Å²) in [6.07, 6.45) is 0. The van der Waals surface area contributed by atoms with Gasteiger partial charge in [-0.2, -0.15) is 0 Å². The van der Waals surface area contributed by atoms with Crippen LogP contribution >= 0.6 is 0 Å². The fourth-order valence-corrected chi connectivity index (χ4v) is 5.07. The number of carbonyl (C=O) groups is 3. The van der Waals surface area contributed by atoms with E-state index in [1.807, 2.05) is 0 Å². The SMILES string of the molecule is COC(=O)c1cc(-c2ccc(F)cc2F)ccc1O.COc1ccc(-c2ccc(F)cc2F)cc1C(=O)O.O.O=C(O)c1cc(-c2ccc(F)cc2F)ccc1O.[Li+].[OH-]. The van der Waals surface area contributed by atoms with Crippen LogP contribution in [-0.4, -0.2) is 63.5 Å². The molecule has 0 heterocycles. The van der Waals surface area contributed by atoms with E-state index in [2.05, 4.69) is 4.74 Å². The number of phenolic OH excluding ortho intramolecular Hbond substituents is 1. The van der Waals surface area contributed by atoms with Crippen molar-refractivity contribution in [2.75, 3.05) is 14.2 Å². The third-order valence-corrected chi connectivity index (χ3v) is 7.79. The Hall–Kier alpha value is -6.77. The van der Waals surface area contributed by atoms with Crippen LogP contribution in [0.25, 0.3) is 33.4 Å². The van der Waals surface area contributed by atoms with Crippen molar-refractivity contribution < 1.29 is 100 Å². The molecule has 0 amide bonds. The number of aromatic hydroxyl groups is 2. The molecule has 6 aromatic carbocycles. The summed E-state index contributed by atoms with van der Waals surface area (Å²) >= 11 is 0. The summed E-state index contributed by atoms with van der Waals surface area (Å²) < 4.78 is 88.6. The minimum absolute atomic E-state index is 0. The molecule has 304 valence electrons. The molecule has 59 heavy (non-hydrogen) atoms. The van der Waals surface area contributed by atoms with Crippen molar-refractivity contribution in [3.63, 3.8) is 0 Å². The Morgan fingerprint density at radius 2 is 0.831 bits per heavy atom. The Bertz CT molecular complexity index is 2450. The Morgan fingerprint density at radius 1 is 0.492 bits per heavy atom. The topological polar surface area (TPSA) is 212 Å². The zero-order valence-electron chi connectivity index (χ0n) is 30.9. The van der Waals surface area contributed by atoms with E-state index in [0.717, 1.165) is 42.5 Å². The molecule has 0 aliphatic rings. The van der Waals surface area contributed by atoms with Crippen molar-refractivity contribution in [2.24, 2.45) is 0 Å². The summed E-state index contributed by atoms with van der Waals surface area (Å²) in [5.41, 5.74) is 0.773. The van der Waals surface area contributed by atoms with Crippen LogP contribution in [0.2, 0.25) is 0 Å². The number of rotatable bonds is 7. The monoisotopic (exact) mass is 820 g/mol. The molecule has 0 aliphatic carbocycles. The molecule has 0 radical (unpaired) electrons. The summed E-state index contributed by atoms with van der Waals surface area (Å²) in [7, 11) is 2.52. The fraction of sp³-hybridized carbons (Fsp3) is 0.0488. The van der Waals surface area contributed by atoms with Crippen molar-refractivity contribution in [1.29, 1.82) is 0 Å². The molecule has 0 saturated heterocycles. The van der Waals surface area contributed by atoms with Crippen LogP contribution in [0.15, 0.2) is 109 Å². The Balaban J connectivity index is 0.000000432. The number of methoxy groups -OCH3 is 2. The smallest absolute Gasteiger partial charge is 0.870 e. The zero-order chi connectivity index (χ0) is 41.3. The summed E-state index contributed by atoms with van der Waals surface area (Å²) in [5, 5.41) is 36.8. The van der Waals surface area contributed by atoms with E-state index in [-0.39, 0.29) is 80.3 Å². The predicted octanol–water partition coefficient (Wildman–Crippen LogP) is 5.50. The summed E-state index contributed by atoms with van der Waals surface area (Å²) in [5.74, 6) is -8.11. The molecule has 0 aliphatic heterocycles. The van der Waals surface area contributed by atoms with Gasteiger partial charge in [-0.05, 0) is 89.5 Å². The van der Waals surface area contributed by atoms with Crippen LogP contribution in [0, 0.1) is 34.9 Å². The Labute approximate surface area is 343 Å². The van der Waals surface area contributed by atoms with Gasteiger partial charge in [-0.3, -0.25) is 0 Å². The van der Waals surface area contributed by atoms with Gasteiger partial charge >= 0.3 is 36.8 Å². The average molecular weight is 821 g/mol. The minimum atomic E-state index is -1.32. The van der Waals surface area contributed by atoms with Crippen molar-refractivity contribution >= 4 is 17.9 Å². The van der Waals surface area contributed by atoms with Crippen molar-refractivity contribution in [3.05, 3.63) is 161 Å². The van der Waals surface area contributed by atoms with Gasteiger partial charge in [0.1, 0.15) is 68.8 Å². The molecule has 18 heteroatoms. The molecule has 6 aromatic rings. The maximum absolute atomic E-state index is 13.6. The van der Waals surface area contributed by atoms with Crippen molar-refractivity contribution in [3.8, 4) is 50.6 Å². The molecular formula is C41H31F6LiO11. The average Bonchev–Trinajstić information content (AvgIpc) is 3.15. The molecule has 11 nitrogen and oxygen atoms in total. The number of esters is 1. The third-order valence-electron chi connectivity index (χ3n) is 7.79. The molecule has 7 N–H and O–H groups in total. The van der Waals surface area contributed by atoms with E-state index in [0.29, 0.717) is 17.2 Å². The van der Waals surface area contributed by atoms with Crippen LogP contribution in [0.4, 0.5) is 26.3 Å². The number of hydrogen-bond acceptors (Lipinski definition) is 8. The number of carboxylic acids is 2. The number of halogens is 6. The first-order chi connectivity index (χ1) is 26.5. The Kier molecular flexibility index (Phi) is 18.9. The maximum atomic E-state index is 13.6. The molecule has 6 rings (SSSR count). The van der Waals surface area contributed by atoms with Crippen molar-refractivity contribution in [2.45, 2.75) is 0 Å². The van der Waals surface area contributed by atoms with Crippen LogP contribution in [-0.2, 0) is 4.74 Å². The third kappa shape index (κ3) is 12.6. The Morgan fingerprint density at radius 3 is 1.17 bits per heavy atom. The van der Waals surface area contributed by atoms with Gasteiger partial charge in [0, 0.05) is 34.9 Å². The number of benzene rings is 6. The second-order valence-corrected chi connectivity index (χ2v) is 11.4. The van der Waals surface area contributed by atoms with Gasteiger partial charge in [-0.25, -0.2) is 40.7 Å². The van der Waals surface area contributed by atoms with Gasteiger partial charge < -0.3 is 40.9 Å². The quantitative estimate of drug-likeness (QED) is 0.0902.